The van der Waals surface area contributed by atoms with Crippen LogP contribution in [-0.2, 0) is 9.53 Å². The van der Waals surface area contributed by atoms with Gasteiger partial charge in [0, 0.05) is 6.42 Å². The van der Waals surface area contributed by atoms with Crippen LogP contribution in [0.3, 0.4) is 0 Å². The fourth-order valence-corrected chi connectivity index (χ4v) is 1.31. The highest BCUT2D eigenvalue weighted by Crippen LogP contribution is 2.14. The summed E-state index contributed by atoms with van der Waals surface area (Å²) in [6, 6.07) is -0.100. The van der Waals surface area contributed by atoms with E-state index in [1.165, 1.54) is 4.90 Å². The lowest BCUT2D eigenvalue weighted by atomic mass is 10.2. The summed E-state index contributed by atoms with van der Waals surface area (Å²) in [6.45, 7) is 4.16. The number of hydrogen-bond acceptors (Lipinski definition) is 3. The van der Waals surface area contributed by atoms with E-state index in [1.54, 1.807) is 0 Å². The van der Waals surface area contributed by atoms with Crippen LogP contribution < -0.4 is 0 Å². The molecule has 0 N–H and O–H groups in total. The standard InChI is InChI=1S/C9H15NO3/c1-3-4-5-8(11)10-7(2)6-13-9(10)12/h7H,3-6H2,1-2H3/t7-/m0/s1. The molecule has 1 fully saturated rings. The first-order chi connectivity index (χ1) is 6.16. The van der Waals surface area contributed by atoms with Gasteiger partial charge in [0.15, 0.2) is 0 Å². The number of imide groups is 1. The predicted molar refractivity (Wildman–Crippen MR) is 47.2 cm³/mol. The highest BCUT2D eigenvalue weighted by atomic mass is 16.6. The molecule has 0 radical (unpaired) electrons. The molecule has 13 heavy (non-hydrogen) atoms. The molecule has 0 aromatic rings. The van der Waals surface area contributed by atoms with Crippen molar-refractivity contribution in [2.45, 2.75) is 39.2 Å². The maximum Gasteiger partial charge on any atom is 0.416 e. The summed E-state index contributed by atoms with van der Waals surface area (Å²) >= 11 is 0. The van der Waals surface area contributed by atoms with Crippen LogP contribution in [0.15, 0.2) is 0 Å². The number of hydrogen-bond donors (Lipinski definition) is 0. The number of rotatable bonds is 3. The zero-order chi connectivity index (χ0) is 9.84. The van der Waals surface area contributed by atoms with E-state index in [9.17, 15) is 9.59 Å². The van der Waals surface area contributed by atoms with Gasteiger partial charge in [-0.3, -0.25) is 4.79 Å². The van der Waals surface area contributed by atoms with E-state index < -0.39 is 6.09 Å². The molecule has 0 bridgehead atoms. The Morgan fingerprint density at radius 1 is 1.69 bits per heavy atom. The molecule has 0 aromatic heterocycles. The molecule has 1 aliphatic rings. The first kappa shape index (κ1) is 10.0. The zero-order valence-electron chi connectivity index (χ0n) is 8.08. The molecule has 1 rings (SSSR count). The van der Waals surface area contributed by atoms with Crippen molar-refractivity contribution in [2.24, 2.45) is 0 Å². The van der Waals surface area contributed by atoms with Crippen molar-refractivity contribution in [3.63, 3.8) is 0 Å². The van der Waals surface area contributed by atoms with Crippen molar-refractivity contribution in [1.82, 2.24) is 4.90 Å². The lowest BCUT2D eigenvalue weighted by Gasteiger charge is -2.15. The van der Waals surface area contributed by atoms with Crippen LogP contribution in [0.4, 0.5) is 4.79 Å². The van der Waals surface area contributed by atoms with Crippen molar-refractivity contribution >= 4 is 12.0 Å². The highest BCUT2D eigenvalue weighted by Gasteiger charge is 2.34. The zero-order valence-corrected chi connectivity index (χ0v) is 8.08. The number of amides is 2. The van der Waals surface area contributed by atoms with Crippen LogP contribution in [0, 0.1) is 0 Å². The van der Waals surface area contributed by atoms with Gasteiger partial charge >= 0.3 is 6.09 Å². The monoisotopic (exact) mass is 185 g/mol. The van der Waals surface area contributed by atoms with Gasteiger partial charge in [0.05, 0.1) is 6.04 Å². The van der Waals surface area contributed by atoms with E-state index in [0.717, 1.165) is 12.8 Å². The number of cyclic esters (lactones) is 1. The molecule has 0 aromatic carbocycles. The normalized spacial score (nSPS) is 21.8. The summed E-state index contributed by atoms with van der Waals surface area (Å²) in [5.74, 6) is -0.114. The van der Waals surface area contributed by atoms with Gasteiger partial charge in [-0.15, -0.1) is 0 Å². The molecule has 1 aliphatic heterocycles. The number of carbonyl (C=O) groups excluding carboxylic acids is 2. The van der Waals surface area contributed by atoms with Gasteiger partial charge in [-0.05, 0) is 13.3 Å². The van der Waals surface area contributed by atoms with Crippen molar-refractivity contribution in [2.75, 3.05) is 6.61 Å². The van der Waals surface area contributed by atoms with Crippen molar-refractivity contribution in [1.29, 1.82) is 0 Å². The van der Waals surface area contributed by atoms with Gasteiger partial charge in [-0.1, -0.05) is 13.3 Å². The maximum atomic E-state index is 11.5. The summed E-state index contributed by atoms with van der Waals surface area (Å²) in [5.41, 5.74) is 0. The van der Waals surface area contributed by atoms with Gasteiger partial charge in [-0.25, -0.2) is 9.69 Å². The third-order valence-corrected chi connectivity index (χ3v) is 2.10. The van der Waals surface area contributed by atoms with Crippen molar-refractivity contribution in [3.8, 4) is 0 Å². The third kappa shape index (κ3) is 2.20. The summed E-state index contributed by atoms with van der Waals surface area (Å²) in [5, 5.41) is 0. The minimum atomic E-state index is -0.492. The van der Waals surface area contributed by atoms with Gasteiger partial charge in [0.2, 0.25) is 5.91 Å². The van der Waals surface area contributed by atoms with Crippen molar-refractivity contribution < 1.29 is 14.3 Å². The number of nitrogens with zero attached hydrogens (tertiary/aromatic N) is 1. The smallest absolute Gasteiger partial charge is 0.416 e. The van der Waals surface area contributed by atoms with Crippen LogP contribution >= 0.6 is 0 Å². The Morgan fingerprint density at radius 2 is 2.38 bits per heavy atom. The Bertz CT molecular complexity index is 215. The van der Waals surface area contributed by atoms with E-state index in [4.69, 9.17) is 4.74 Å². The molecule has 0 unspecified atom stereocenters. The van der Waals surface area contributed by atoms with Crippen molar-refractivity contribution in [3.05, 3.63) is 0 Å². The Balaban J connectivity index is 2.49. The summed E-state index contributed by atoms with van der Waals surface area (Å²) in [7, 11) is 0. The largest absolute Gasteiger partial charge is 0.447 e. The quantitative estimate of drug-likeness (QED) is 0.670. The van der Waals surface area contributed by atoms with Gasteiger partial charge < -0.3 is 4.74 Å². The summed E-state index contributed by atoms with van der Waals surface area (Å²) < 4.78 is 4.74. The molecule has 1 saturated heterocycles. The lowest BCUT2D eigenvalue weighted by molar-refractivity contribution is -0.129. The van der Waals surface area contributed by atoms with E-state index in [0.29, 0.717) is 13.0 Å². The predicted octanol–water partition coefficient (Wildman–Crippen LogP) is 1.54. The van der Waals surface area contributed by atoms with Crippen LogP contribution in [0.25, 0.3) is 0 Å². The van der Waals surface area contributed by atoms with Gasteiger partial charge in [0.1, 0.15) is 6.61 Å². The fraction of sp³-hybridized carbons (Fsp3) is 0.778. The second-order valence-electron chi connectivity index (χ2n) is 3.29. The van der Waals surface area contributed by atoms with E-state index in [-0.39, 0.29) is 11.9 Å². The second-order valence-corrected chi connectivity index (χ2v) is 3.29. The number of unbranched alkanes of at least 4 members (excludes halogenated alkanes) is 1. The molecule has 0 aliphatic carbocycles. The Kier molecular flexibility index (Phi) is 3.28. The topological polar surface area (TPSA) is 46.6 Å². The Morgan fingerprint density at radius 3 is 2.85 bits per heavy atom. The maximum absolute atomic E-state index is 11.5. The minimum Gasteiger partial charge on any atom is -0.447 e. The van der Waals surface area contributed by atoms with E-state index >= 15 is 0 Å². The average molecular weight is 185 g/mol. The first-order valence-electron chi connectivity index (χ1n) is 4.65. The molecule has 0 spiro atoms. The van der Waals surface area contributed by atoms with Crippen LogP contribution in [0.1, 0.15) is 33.1 Å². The van der Waals surface area contributed by atoms with Crippen LogP contribution in [0.5, 0.6) is 0 Å². The molecular formula is C9H15NO3. The number of carbonyl (C=O) groups is 2. The molecule has 4 nitrogen and oxygen atoms in total. The third-order valence-electron chi connectivity index (χ3n) is 2.10. The molecule has 2 amide bonds. The number of ether oxygens (including phenoxy) is 1. The summed E-state index contributed by atoms with van der Waals surface area (Å²) in [4.78, 5) is 23.7. The minimum absolute atomic E-state index is 0.100. The SMILES string of the molecule is CCCCC(=O)N1C(=O)OC[C@@H]1C. The molecule has 1 heterocycles. The molecule has 1 atom stereocenters. The van der Waals surface area contributed by atoms with Crippen LogP contribution in [0.2, 0.25) is 0 Å². The summed E-state index contributed by atoms with van der Waals surface area (Å²) in [6.07, 6.45) is 1.74. The average Bonchev–Trinajstić information content (AvgIpc) is 2.42. The van der Waals surface area contributed by atoms with Crippen LogP contribution in [-0.4, -0.2) is 29.5 Å². The second kappa shape index (κ2) is 4.25. The van der Waals surface area contributed by atoms with E-state index in [2.05, 4.69) is 0 Å². The van der Waals surface area contributed by atoms with Gasteiger partial charge in [-0.2, -0.15) is 0 Å². The highest BCUT2D eigenvalue weighted by molar-refractivity contribution is 5.93. The molecular weight excluding hydrogens is 170 g/mol. The Labute approximate surface area is 77.8 Å². The first-order valence-corrected chi connectivity index (χ1v) is 4.65. The Hall–Kier alpha value is -1.06. The van der Waals surface area contributed by atoms with Gasteiger partial charge in [0.25, 0.3) is 0 Å². The molecule has 4 heteroatoms. The fourth-order valence-electron chi connectivity index (χ4n) is 1.31. The molecule has 0 saturated carbocycles. The van der Waals surface area contributed by atoms with E-state index in [1.807, 2.05) is 13.8 Å². The lowest BCUT2D eigenvalue weighted by Crippen LogP contribution is -2.37. The molecule has 74 valence electrons.